The molecule has 0 radical (unpaired) electrons. The molecule has 1 amide bonds. The fourth-order valence-electron chi connectivity index (χ4n) is 2.44. The Hall–Kier alpha value is -3.19. The molecule has 0 spiro atoms. The van der Waals surface area contributed by atoms with Crippen molar-refractivity contribution in [3.8, 4) is 5.75 Å². The molecular weight excluding hydrogens is 462 g/mol. The van der Waals surface area contributed by atoms with Crippen LogP contribution in [0.3, 0.4) is 0 Å². The normalized spacial score (nSPS) is 11.7. The summed E-state index contributed by atoms with van der Waals surface area (Å²) in [6.07, 6.45) is -3.48. The summed E-state index contributed by atoms with van der Waals surface area (Å²) >= 11 is 1.01. The number of amides is 1. The number of benzene rings is 2. The third kappa shape index (κ3) is 6.15. The molecule has 0 saturated heterocycles. The van der Waals surface area contributed by atoms with Crippen LogP contribution in [0.4, 0.5) is 22.7 Å². The number of carbonyl (C=O) groups is 1. The van der Waals surface area contributed by atoms with E-state index in [1.165, 1.54) is 23.7 Å². The molecule has 7 nitrogen and oxygen atoms in total. The number of rotatable bonds is 7. The first-order chi connectivity index (χ1) is 14.5. The molecule has 1 aromatic heterocycles. The van der Waals surface area contributed by atoms with E-state index in [4.69, 9.17) is 0 Å². The molecular formula is C18H13F4N3O4S2. The van der Waals surface area contributed by atoms with Crippen molar-refractivity contribution in [3.05, 3.63) is 71.0 Å². The lowest BCUT2D eigenvalue weighted by atomic mass is 10.2. The third-order valence-corrected chi connectivity index (χ3v) is 5.91. The zero-order chi connectivity index (χ0) is 22.6. The van der Waals surface area contributed by atoms with Gasteiger partial charge in [-0.1, -0.05) is 12.1 Å². The summed E-state index contributed by atoms with van der Waals surface area (Å²) in [7, 11) is -4.25. The molecule has 3 rings (SSSR count). The van der Waals surface area contributed by atoms with E-state index in [0.717, 1.165) is 41.7 Å². The Labute approximate surface area is 177 Å². The minimum atomic E-state index is -4.85. The molecule has 2 N–H and O–H groups in total. The van der Waals surface area contributed by atoms with Crippen LogP contribution < -0.4 is 14.8 Å². The highest BCUT2D eigenvalue weighted by Crippen LogP contribution is 2.24. The molecule has 0 saturated carbocycles. The van der Waals surface area contributed by atoms with Gasteiger partial charge in [0.1, 0.15) is 16.5 Å². The van der Waals surface area contributed by atoms with Gasteiger partial charge in [0.05, 0.1) is 0 Å². The van der Waals surface area contributed by atoms with Crippen molar-refractivity contribution in [1.29, 1.82) is 0 Å². The van der Waals surface area contributed by atoms with Crippen molar-refractivity contribution in [1.82, 2.24) is 10.3 Å². The van der Waals surface area contributed by atoms with Gasteiger partial charge >= 0.3 is 6.36 Å². The molecule has 0 bridgehead atoms. The number of hydrogen-bond donors (Lipinski definition) is 2. The van der Waals surface area contributed by atoms with Crippen LogP contribution in [0.1, 0.15) is 15.9 Å². The number of nitrogens with one attached hydrogen (secondary N) is 2. The summed E-state index contributed by atoms with van der Waals surface area (Å²) in [4.78, 5) is 15.3. The first kappa shape index (κ1) is 22.5. The number of sulfonamides is 1. The van der Waals surface area contributed by atoms with E-state index >= 15 is 0 Å². The molecule has 0 aliphatic heterocycles. The maximum Gasteiger partial charge on any atom is 0.573 e. The molecule has 0 aliphatic rings. The lowest BCUT2D eigenvalue weighted by molar-refractivity contribution is -0.274. The first-order valence-corrected chi connectivity index (χ1v) is 10.7. The summed E-state index contributed by atoms with van der Waals surface area (Å²) in [5.41, 5.74) is 0.135. The van der Waals surface area contributed by atoms with Gasteiger partial charge in [0.25, 0.3) is 15.9 Å². The molecule has 13 heteroatoms. The largest absolute Gasteiger partial charge is 0.573 e. The van der Waals surface area contributed by atoms with Crippen molar-refractivity contribution < 1.29 is 35.5 Å². The number of aromatic nitrogens is 1. The topological polar surface area (TPSA) is 97.4 Å². The molecule has 0 unspecified atom stereocenters. The van der Waals surface area contributed by atoms with Crippen molar-refractivity contribution in [3.63, 3.8) is 0 Å². The molecule has 0 fully saturated rings. The van der Waals surface area contributed by atoms with Gasteiger partial charge in [-0.2, -0.15) is 0 Å². The van der Waals surface area contributed by atoms with E-state index < -0.39 is 38.8 Å². The van der Waals surface area contributed by atoms with Gasteiger partial charge in [0.15, 0.2) is 5.13 Å². The maximum atomic E-state index is 14.4. The predicted octanol–water partition coefficient (Wildman–Crippen LogP) is 3.91. The number of thiazole rings is 1. The van der Waals surface area contributed by atoms with Crippen molar-refractivity contribution in [2.45, 2.75) is 17.8 Å². The Kier molecular flexibility index (Phi) is 6.45. The lowest BCUT2D eigenvalue weighted by Crippen LogP contribution is -2.23. The summed E-state index contributed by atoms with van der Waals surface area (Å²) in [5.74, 6) is -2.36. The Morgan fingerprint density at radius 1 is 1.16 bits per heavy atom. The second kappa shape index (κ2) is 8.89. The number of ether oxygens (including phenoxy) is 1. The number of halogens is 4. The van der Waals surface area contributed by atoms with Crippen LogP contribution >= 0.6 is 11.3 Å². The van der Waals surface area contributed by atoms with Crippen LogP contribution in [-0.4, -0.2) is 25.7 Å². The summed E-state index contributed by atoms with van der Waals surface area (Å²) in [6.45, 7) is -0.166. The molecule has 3 aromatic rings. The Morgan fingerprint density at radius 2 is 1.94 bits per heavy atom. The number of nitrogens with zero attached hydrogens (tertiary/aromatic N) is 1. The van der Waals surface area contributed by atoms with Gasteiger partial charge in [0, 0.05) is 23.7 Å². The Morgan fingerprint density at radius 3 is 2.58 bits per heavy atom. The van der Waals surface area contributed by atoms with E-state index in [9.17, 15) is 30.8 Å². The van der Waals surface area contributed by atoms with Crippen LogP contribution in [0, 0.1) is 5.82 Å². The third-order valence-electron chi connectivity index (χ3n) is 3.72. The average molecular weight is 475 g/mol. The van der Waals surface area contributed by atoms with Gasteiger partial charge in [-0.3, -0.25) is 9.52 Å². The van der Waals surface area contributed by atoms with E-state index in [1.807, 2.05) is 0 Å². The second-order valence-electron chi connectivity index (χ2n) is 5.97. The van der Waals surface area contributed by atoms with Crippen molar-refractivity contribution in [2.75, 3.05) is 4.72 Å². The molecule has 2 aromatic carbocycles. The van der Waals surface area contributed by atoms with Gasteiger partial charge < -0.3 is 10.1 Å². The van der Waals surface area contributed by atoms with E-state index in [-0.39, 0.29) is 17.2 Å². The van der Waals surface area contributed by atoms with Gasteiger partial charge in [-0.15, -0.1) is 24.5 Å². The molecule has 1 heterocycles. The fraction of sp³-hybridized carbons (Fsp3) is 0.111. The number of anilines is 1. The molecule has 164 valence electrons. The second-order valence-corrected chi connectivity index (χ2v) is 8.51. The summed E-state index contributed by atoms with van der Waals surface area (Å²) < 4.78 is 81.7. The number of alkyl halides is 3. The quantitative estimate of drug-likeness (QED) is 0.505. The first-order valence-electron chi connectivity index (χ1n) is 8.38. The predicted molar refractivity (Wildman–Crippen MR) is 104 cm³/mol. The zero-order valence-electron chi connectivity index (χ0n) is 15.3. The van der Waals surface area contributed by atoms with Gasteiger partial charge in [-0.25, -0.2) is 17.8 Å². The van der Waals surface area contributed by atoms with E-state index in [1.54, 1.807) is 0 Å². The highest BCUT2D eigenvalue weighted by molar-refractivity contribution is 7.93. The smallest absolute Gasteiger partial charge is 0.406 e. The SMILES string of the molecule is O=C(NCc1cccc(OC(F)(F)F)c1)c1ccc(S(=O)(=O)Nc2nccs2)c(F)c1. The van der Waals surface area contributed by atoms with E-state index in [0.29, 0.717) is 5.56 Å². The molecule has 31 heavy (non-hydrogen) atoms. The highest BCUT2D eigenvalue weighted by atomic mass is 32.2. The minimum Gasteiger partial charge on any atom is -0.406 e. The molecule has 0 atom stereocenters. The Bertz CT molecular complexity index is 1180. The highest BCUT2D eigenvalue weighted by Gasteiger charge is 2.31. The van der Waals surface area contributed by atoms with Crippen LogP contribution in [0.15, 0.2) is 58.9 Å². The zero-order valence-corrected chi connectivity index (χ0v) is 16.9. The maximum absolute atomic E-state index is 14.4. The van der Waals surface area contributed by atoms with Crippen molar-refractivity contribution >= 4 is 32.4 Å². The van der Waals surface area contributed by atoms with Gasteiger partial charge in [0.2, 0.25) is 0 Å². The monoisotopic (exact) mass is 475 g/mol. The standard InChI is InChI=1S/C18H13F4N3O4S2/c19-14-9-12(4-5-15(14)31(27,28)25-17-23-6-7-30-17)16(26)24-10-11-2-1-3-13(8-11)29-18(20,21)22/h1-9H,10H2,(H,23,25)(H,24,26). The molecule has 0 aliphatic carbocycles. The summed E-state index contributed by atoms with van der Waals surface area (Å²) in [5, 5.41) is 4.00. The van der Waals surface area contributed by atoms with Crippen molar-refractivity contribution in [2.24, 2.45) is 0 Å². The van der Waals surface area contributed by atoms with Crippen LogP contribution in [0.2, 0.25) is 0 Å². The number of carbonyl (C=O) groups excluding carboxylic acids is 1. The van der Waals surface area contributed by atoms with Crippen LogP contribution in [0.25, 0.3) is 0 Å². The average Bonchev–Trinajstić information content (AvgIpc) is 3.17. The van der Waals surface area contributed by atoms with Crippen LogP contribution in [-0.2, 0) is 16.6 Å². The van der Waals surface area contributed by atoms with Crippen LogP contribution in [0.5, 0.6) is 5.75 Å². The summed E-state index contributed by atoms with van der Waals surface area (Å²) in [6, 6.07) is 7.76. The lowest BCUT2D eigenvalue weighted by Gasteiger charge is -2.11. The minimum absolute atomic E-state index is 0.0537. The van der Waals surface area contributed by atoms with Gasteiger partial charge in [-0.05, 0) is 35.9 Å². The van der Waals surface area contributed by atoms with E-state index in [2.05, 4.69) is 19.8 Å². The fourth-order valence-corrected chi connectivity index (χ4v) is 4.29. The Balaban J connectivity index is 1.68. The number of hydrogen-bond acceptors (Lipinski definition) is 6.